The first kappa shape index (κ1) is 13.5. The molecule has 0 fully saturated rings. The van der Waals surface area contributed by atoms with Crippen molar-refractivity contribution in [1.29, 1.82) is 0 Å². The molecule has 94 valence electrons. The van der Waals surface area contributed by atoms with E-state index in [9.17, 15) is 4.79 Å². The predicted molar refractivity (Wildman–Crippen MR) is 69.4 cm³/mol. The van der Waals surface area contributed by atoms with Crippen molar-refractivity contribution in [1.82, 2.24) is 5.32 Å². The minimum absolute atomic E-state index is 0.0711. The first-order chi connectivity index (χ1) is 8.17. The summed E-state index contributed by atoms with van der Waals surface area (Å²) in [5.74, 6) is -0.0711. The molecule has 0 radical (unpaired) electrons. The van der Waals surface area contributed by atoms with Gasteiger partial charge < -0.3 is 15.4 Å². The Bertz CT molecular complexity index is 366. The van der Waals surface area contributed by atoms with Gasteiger partial charge in [0.25, 0.3) is 5.91 Å². The summed E-state index contributed by atoms with van der Waals surface area (Å²) in [5, 5.41) is 5.95. The Labute approximate surface area is 102 Å². The highest BCUT2D eigenvalue weighted by molar-refractivity contribution is 5.94. The van der Waals surface area contributed by atoms with Crippen LogP contribution >= 0.6 is 0 Å². The topological polar surface area (TPSA) is 50.4 Å². The zero-order valence-electron chi connectivity index (χ0n) is 10.6. The molecule has 0 saturated carbocycles. The van der Waals surface area contributed by atoms with Crippen LogP contribution in [0.1, 0.15) is 23.7 Å². The third-order valence-corrected chi connectivity index (χ3v) is 2.52. The summed E-state index contributed by atoms with van der Waals surface area (Å²) >= 11 is 0. The largest absolute Gasteiger partial charge is 0.385 e. The monoisotopic (exact) mass is 236 g/mol. The number of nitrogens with one attached hydrogen (secondary N) is 2. The molecule has 1 rings (SSSR count). The minimum Gasteiger partial charge on any atom is -0.385 e. The van der Waals surface area contributed by atoms with Crippen LogP contribution in [0, 0.1) is 0 Å². The average molecular weight is 236 g/mol. The number of benzene rings is 1. The second kappa shape index (κ2) is 6.91. The Morgan fingerprint density at radius 3 is 2.88 bits per heavy atom. The van der Waals surface area contributed by atoms with Crippen LogP contribution in [0.25, 0.3) is 0 Å². The lowest BCUT2D eigenvalue weighted by atomic mass is 10.1. The van der Waals surface area contributed by atoms with E-state index < -0.39 is 0 Å². The number of amides is 1. The van der Waals surface area contributed by atoms with Crippen LogP contribution in [0.4, 0.5) is 5.69 Å². The van der Waals surface area contributed by atoms with E-state index in [1.54, 1.807) is 20.2 Å². The van der Waals surface area contributed by atoms with Crippen molar-refractivity contribution < 1.29 is 9.53 Å². The molecule has 2 N–H and O–H groups in total. The van der Waals surface area contributed by atoms with Crippen molar-refractivity contribution in [2.45, 2.75) is 19.4 Å². The normalized spacial score (nSPS) is 11.9. The molecule has 0 spiro atoms. The van der Waals surface area contributed by atoms with Crippen LogP contribution in [0.3, 0.4) is 0 Å². The van der Waals surface area contributed by atoms with Crippen molar-refractivity contribution >= 4 is 11.6 Å². The van der Waals surface area contributed by atoms with Gasteiger partial charge >= 0.3 is 0 Å². The molecule has 0 heterocycles. The lowest BCUT2D eigenvalue weighted by Gasteiger charge is -2.15. The third-order valence-electron chi connectivity index (χ3n) is 2.52. The van der Waals surface area contributed by atoms with Crippen LogP contribution in [0.5, 0.6) is 0 Å². The molecular formula is C13H20N2O2. The van der Waals surface area contributed by atoms with Gasteiger partial charge in [0.05, 0.1) is 0 Å². The maximum Gasteiger partial charge on any atom is 0.251 e. The Balaban J connectivity index is 2.62. The zero-order valence-corrected chi connectivity index (χ0v) is 10.6. The maximum absolute atomic E-state index is 11.5. The van der Waals surface area contributed by atoms with Crippen molar-refractivity contribution in [2.24, 2.45) is 0 Å². The van der Waals surface area contributed by atoms with Crippen molar-refractivity contribution in [3.05, 3.63) is 29.8 Å². The zero-order chi connectivity index (χ0) is 12.7. The van der Waals surface area contributed by atoms with Gasteiger partial charge in [-0.25, -0.2) is 0 Å². The lowest BCUT2D eigenvalue weighted by Crippen LogP contribution is -2.19. The highest BCUT2D eigenvalue weighted by atomic mass is 16.5. The van der Waals surface area contributed by atoms with E-state index in [0.29, 0.717) is 11.6 Å². The van der Waals surface area contributed by atoms with Crippen LogP contribution < -0.4 is 10.6 Å². The van der Waals surface area contributed by atoms with Gasteiger partial charge in [-0.1, -0.05) is 6.07 Å². The second-order valence-corrected chi connectivity index (χ2v) is 3.99. The van der Waals surface area contributed by atoms with Crippen molar-refractivity contribution in [3.63, 3.8) is 0 Å². The van der Waals surface area contributed by atoms with E-state index in [4.69, 9.17) is 4.74 Å². The number of ether oxygens (including phenoxy) is 1. The Morgan fingerprint density at radius 1 is 1.47 bits per heavy atom. The van der Waals surface area contributed by atoms with E-state index in [-0.39, 0.29) is 5.91 Å². The number of carbonyl (C=O) groups excluding carboxylic acids is 1. The molecule has 0 saturated heterocycles. The molecule has 1 aromatic carbocycles. The molecule has 0 bridgehead atoms. The van der Waals surface area contributed by atoms with Crippen molar-refractivity contribution in [3.8, 4) is 0 Å². The average Bonchev–Trinajstić information content (AvgIpc) is 2.35. The summed E-state index contributed by atoms with van der Waals surface area (Å²) < 4.78 is 5.03. The molecule has 4 nitrogen and oxygen atoms in total. The molecule has 17 heavy (non-hydrogen) atoms. The molecule has 1 aromatic rings. The number of hydrogen-bond acceptors (Lipinski definition) is 3. The fraction of sp³-hybridized carbons (Fsp3) is 0.462. The van der Waals surface area contributed by atoms with Gasteiger partial charge in [-0.15, -0.1) is 0 Å². The molecular weight excluding hydrogens is 216 g/mol. The molecule has 0 aliphatic rings. The standard InChI is InChI=1S/C13H20N2O2/c1-10(7-8-17-3)15-12-6-4-5-11(9-12)13(16)14-2/h4-6,9-10,15H,7-8H2,1-3H3,(H,14,16). The maximum atomic E-state index is 11.5. The molecule has 0 aromatic heterocycles. The van der Waals surface area contributed by atoms with Crippen LogP contribution in [0.15, 0.2) is 24.3 Å². The van der Waals surface area contributed by atoms with Crippen LogP contribution in [-0.2, 0) is 4.74 Å². The Hall–Kier alpha value is -1.55. The quantitative estimate of drug-likeness (QED) is 0.793. The minimum atomic E-state index is -0.0711. The van der Waals surface area contributed by atoms with Gasteiger partial charge in [-0.3, -0.25) is 4.79 Å². The first-order valence-electron chi connectivity index (χ1n) is 5.75. The van der Waals surface area contributed by atoms with Crippen LogP contribution in [0.2, 0.25) is 0 Å². The highest BCUT2D eigenvalue weighted by Gasteiger charge is 2.05. The summed E-state index contributed by atoms with van der Waals surface area (Å²) in [5.41, 5.74) is 1.62. The fourth-order valence-corrected chi connectivity index (χ4v) is 1.55. The molecule has 0 aliphatic carbocycles. The fourth-order valence-electron chi connectivity index (χ4n) is 1.55. The summed E-state index contributed by atoms with van der Waals surface area (Å²) in [6.07, 6.45) is 0.931. The van der Waals surface area contributed by atoms with Gasteiger partial charge in [-0.05, 0) is 31.5 Å². The van der Waals surface area contributed by atoms with Gasteiger partial charge in [0.2, 0.25) is 0 Å². The van der Waals surface area contributed by atoms with Gasteiger partial charge in [-0.2, -0.15) is 0 Å². The molecule has 1 atom stereocenters. The number of anilines is 1. The number of carbonyl (C=O) groups is 1. The summed E-state index contributed by atoms with van der Waals surface area (Å²) in [6.45, 7) is 2.81. The summed E-state index contributed by atoms with van der Waals surface area (Å²) in [4.78, 5) is 11.5. The first-order valence-corrected chi connectivity index (χ1v) is 5.75. The van der Waals surface area contributed by atoms with Gasteiger partial charge in [0.1, 0.15) is 0 Å². The smallest absolute Gasteiger partial charge is 0.251 e. The molecule has 4 heteroatoms. The SMILES string of the molecule is CNC(=O)c1cccc(NC(C)CCOC)c1. The lowest BCUT2D eigenvalue weighted by molar-refractivity contribution is 0.0963. The predicted octanol–water partition coefficient (Wildman–Crippen LogP) is 1.88. The van der Waals surface area contributed by atoms with E-state index in [2.05, 4.69) is 17.6 Å². The highest BCUT2D eigenvalue weighted by Crippen LogP contribution is 2.12. The van der Waals surface area contributed by atoms with Crippen molar-refractivity contribution in [2.75, 3.05) is 26.1 Å². The van der Waals surface area contributed by atoms with E-state index in [0.717, 1.165) is 18.7 Å². The number of hydrogen-bond donors (Lipinski definition) is 2. The van der Waals surface area contributed by atoms with Gasteiger partial charge in [0, 0.05) is 38.1 Å². The van der Waals surface area contributed by atoms with E-state index >= 15 is 0 Å². The third kappa shape index (κ3) is 4.44. The Morgan fingerprint density at radius 2 is 2.24 bits per heavy atom. The number of methoxy groups -OCH3 is 1. The van der Waals surface area contributed by atoms with Crippen LogP contribution in [-0.4, -0.2) is 32.7 Å². The second-order valence-electron chi connectivity index (χ2n) is 3.99. The summed E-state index contributed by atoms with van der Waals surface area (Å²) in [6, 6.07) is 7.78. The summed E-state index contributed by atoms with van der Waals surface area (Å²) in [7, 11) is 3.32. The molecule has 1 amide bonds. The van der Waals surface area contributed by atoms with Gasteiger partial charge in [0.15, 0.2) is 0 Å². The molecule has 1 unspecified atom stereocenters. The molecule has 0 aliphatic heterocycles. The number of rotatable bonds is 6. The Kier molecular flexibility index (Phi) is 5.49. The van der Waals surface area contributed by atoms with E-state index in [1.165, 1.54) is 0 Å². The van der Waals surface area contributed by atoms with E-state index in [1.807, 2.05) is 18.2 Å².